The van der Waals surface area contributed by atoms with Gasteiger partial charge in [0.05, 0.1) is 24.4 Å². The molecule has 1 atom stereocenters. The molecule has 2 N–H and O–H groups in total. The maximum absolute atomic E-state index is 13.7. The number of aliphatic hydroxyl groups is 1. The molecular formula is C21H26FN5O2. The van der Waals surface area contributed by atoms with Crippen molar-refractivity contribution < 1.29 is 14.2 Å². The number of aromatic nitrogens is 4. The average Bonchev–Trinajstić information content (AvgIpc) is 3.08. The third kappa shape index (κ3) is 4.23. The standard InChI is InChI=1S/C21H26FN5O2/c1-13(12-29-2)25-21-24-11-19-17(15-7-8-23-20(22)9-15)10-18(27(19)26-21)14-3-5-16(28)6-4-14/h7-11,13-14,16,28H,3-6,12H2,1-2H3,(H,25,26)/t13-,14-,16-/m0/s1. The number of ether oxygens (including phenoxy) is 1. The molecule has 3 aromatic heterocycles. The quantitative estimate of drug-likeness (QED) is 0.618. The van der Waals surface area contributed by atoms with Crippen LogP contribution in [0.25, 0.3) is 16.6 Å². The Morgan fingerprint density at radius 1 is 1.28 bits per heavy atom. The third-order valence-corrected chi connectivity index (χ3v) is 5.49. The van der Waals surface area contributed by atoms with E-state index in [4.69, 9.17) is 9.84 Å². The fourth-order valence-electron chi connectivity index (χ4n) is 4.06. The summed E-state index contributed by atoms with van der Waals surface area (Å²) in [7, 11) is 1.66. The van der Waals surface area contributed by atoms with Gasteiger partial charge < -0.3 is 15.2 Å². The topological polar surface area (TPSA) is 84.6 Å². The Morgan fingerprint density at radius 2 is 2.07 bits per heavy atom. The molecule has 29 heavy (non-hydrogen) atoms. The molecule has 0 aliphatic heterocycles. The SMILES string of the molecule is COC[C@H](C)Nc1ncc2c(-c3ccnc(F)c3)cc([C@H]3CC[C@H](O)CC3)n2n1. The van der Waals surface area contributed by atoms with Gasteiger partial charge in [0.15, 0.2) is 0 Å². The van der Waals surface area contributed by atoms with Crippen molar-refractivity contribution in [1.29, 1.82) is 0 Å². The highest BCUT2D eigenvalue weighted by atomic mass is 19.1. The van der Waals surface area contributed by atoms with E-state index < -0.39 is 5.95 Å². The number of fused-ring (bicyclic) bond motifs is 1. The van der Waals surface area contributed by atoms with Crippen LogP contribution in [0.3, 0.4) is 0 Å². The lowest BCUT2D eigenvalue weighted by atomic mass is 9.85. The van der Waals surface area contributed by atoms with Crippen molar-refractivity contribution >= 4 is 11.5 Å². The second kappa shape index (κ2) is 8.42. The van der Waals surface area contributed by atoms with Gasteiger partial charge in [0.25, 0.3) is 0 Å². The molecule has 4 rings (SSSR count). The lowest BCUT2D eigenvalue weighted by molar-refractivity contribution is 0.121. The molecule has 1 aliphatic carbocycles. The molecule has 0 unspecified atom stereocenters. The molecule has 1 saturated carbocycles. The van der Waals surface area contributed by atoms with Gasteiger partial charge in [-0.3, -0.25) is 0 Å². The number of hydrogen-bond acceptors (Lipinski definition) is 6. The molecule has 1 aliphatic rings. The van der Waals surface area contributed by atoms with Gasteiger partial charge in [-0.2, -0.15) is 4.39 Å². The lowest BCUT2D eigenvalue weighted by Crippen LogP contribution is -2.23. The van der Waals surface area contributed by atoms with Crippen LogP contribution in [0, 0.1) is 5.95 Å². The molecule has 3 aromatic rings. The molecule has 0 radical (unpaired) electrons. The first-order valence-electron chi connectivity index (χ1n) is 9.99. The average molecular weight is 399 g/mol. The molecule has 3 heterocycles. The van der Waals surface area contributed by atoms with Crippen LogP contribution in [0.15, 0.2) is 30.6 Å². The zero-order chi connectivity index (χ0) is 20.4. The van der Waals surface area contributed by atoms with Gasteiger partial charge in [0, 0.05) is 42.6 Å². The fraction of sp³-hybridized carbons (Fsp3) is 0.476. The Labute approximate surface area is 169 Å². The van der Waals surface area contributed by atoms with E-state index in [1.54, 1.807) is 19.4 Å². The van der Waals surface area contributed by atoms with Crippen molar-refractivity contribution in [3.05, 3.63) is 42.2 Å². The van der Waals surface area contributed by atoms with Crippen molar-refractivity contribution in [3.8, 4) is 11.1 Å². The van der Waals surface area contributed by atoms with E-state index >= 15 is 0 Å². The third-order valence-electron chi connectivity index (χ3n) is 5.49. The van der Waals surface area contributed by atoms with E-state index in [0.717, 1.165) is 48.0 Å². The Bertz CT molecular complexity index is 984. The van der Waals surface area contributed by atoms with Gasteiger partial charge in [0.2, 0.25) is 11.9 Å². The number of pyridine rings is 1. The van der Waals surface area contributed by atoms with Gasteiger partial charge in [0.1, 0.15) is 0 Å². The number of nitrogens with one attached hydrogen (secondary N) is 1. The van der Waals surface area contributed by atoms with Crippen LogP contribution in [0.4, 0.5) is 10.3 Å². The highest BCUT2D eigenvalue weighted by molar-refractivity contribution is 5.81. The molecule has 0 saturated heterocycles. The van der Waals surface area contributed by atoms with E-state index in [0.29, 0.717) is 12.6 Å². The fourth-order valence-corrected chi connectivity index (χ4v) is 4.06. The smallest absolute Gasteiger partial charge is 0.241 e. The summed E-state index contributed by atoms with van der Waals surface area (Å²) in [6, 6.07) is 5.36. The number of aliphatic hydroxyl groups excluding tert-OH is 1. The van der Waals surface area contributed by atoms with Crippen molar-refractivity contribution in [3.63, 3.8) is 0 Å². The van der Waals surface area contributed by atoms with Gasteiger partial charge in [-0.25, -0.2) is 14.5 Å². The summed E-state index contributed by atoms with van der Waals surface area (Å²) < 4.78 is 20.8. The van der Waals surface area contributed by atoms with Crippen molar-refractivity contribution in [1.82, 2.24) is 19.6 Å². The second-order valence-corrected chi connectivity index (χ2v) is 7.74. The Morgan fingerprint density at radius 3 is 2.79 bits per heavy atom. The summed E-state index contributed by atoms with van der Waals surface area (Å²) in [5, 5.41) is 17.9. The number of hydrogen-bond donors (Lipinski definition) is 2. The first-order chi connectivity index (χ1) is 14.0. The van der Waals surface area contributed by atoms with Crippen LogP contribution in [0.5, 0.6) is 0 Å². The highest BCUT2D eigenvalue weighted by Crippen LogP contribution is 2.37. The highest BCUT2D eigenvalue weighted by Gasteiger charge is 2.25. The summed E-state index contributed by atoms with van der Waals surface area (Å²) in [5.41, 5.74) is 3.50. The second-order valence-electron chi connectivity index (χ2n) is 7.74. The van der Waals surface area contributed by atoms with Gasteiger partial charge in [-0.1, -0.05) is 0 Å². The number of anilines is 1. The predicted octanol–water partition coefficient (Wildman–Crippen LogP) is 3.40. The maximum Gasteiger partial charge on any atom is 0.241 e. The largest absolute Gasteiger partial charge is 0.393 e. The van der Waals surface area contributed by atoms with E-state index in [1.807, 2.05) is 11.4 Å². The molecule has 7 nitrogen and oxygen atoms in total. The summed E-state index contributed by atoms with van der Waals surface area (Å²) in [4.78, 5) is 8.12. The molecule has 1 fully saturated rings. The Kier molecular flexibility index (Phi) is 5.73. The summed E-state index contributed by atoms with van der Waals surface area (Å²) in [6.07, 6.45) is 6.34. The minimum Gasteiger partial charge on any atom is -0.393 e. The van der Waals surface area contributed by atoms with E-state index in [2.05, 4.69) is 21.4 Å². The van der Waals surface area contributed by atoms with Crippen LogP contribution in [0.1, 0.15) is 44.2 Å². The number of rotatable bonds is 6. The van der Waals surface area contributed by atoms with Gasteiger partial charge in [-0.15, -0.1) is 5.10 Å². The van der Waals surface area contributed by atoms with E-state index in [1.165, 1.54) is 12.3 Å². The van der Waals surface area contributed by atoms with Crippen LogP contribution >= 0.6 is 0 Å². The molecule has 0 amide bonds. The predicted molar refractivity (Wildman–Crippen MR) is 108 cm³/mol. The molecule has 0 bridgehead atoms. The normalized spacial score (nSPS) is 20.7. The van der Waals surface area contributed by atoms with Crippen LogP contribution in [-0.2, 0) is 4.74 Å². The van der Waals surface area contributed by atoms with Crippen LogP contribution in [-0.4, -0.2) is 50.6 Å². The van der Waals surface area contributed by atoms with Crippen molar-refractivity contribution in [2.24, 2.45) is 0 Å². The summed E-state index contributed by atoms with van der Waals surface area (Å²) >= 11 is 0. The van der Waals surface area contributed by atoms with E-state index in [9.17, 15) is 9.50 Å². The zero-order valence-corrected chi connectivity index (χ0v) is 16.7. The van der Waals surface area contributed by atoms with E-state index in [-0.39, 0.29) is 18.1 Å². The lowest BCUT2D eigenvalue weighted by Gasteiger charge is -2.25. The molecular weight excluding hydrogens is 373 g/mol. The first kappa shape index (κ1) is 19.7. The molecule has 0 aromatic carbocycles. The zero-order valence-electron chi connectivity index (χ0n) is 16.7. The number of nitrogens with zero attached hydrogens (tertiary/aromatic N) is 4. The minimum atomic E-state index is -0.517. The number of methoxy groups -OCH3 is 1. The summed E-state index contributed by atoms with van der Waals surface area (Å²) in [6.45, 7) is 2.54. The van der Waals surface area contributed by atoms with Gasteiger partial charge in [-0.05, 0) is 50.3 Å². The molecule has 0 spiro atoms. The maximum atomic E-state index is 13.7. The minimum absolute atomic E-state index is 0.0649. The van der Waals surface area contributed by atoms with Gasteiger partial charge >= 0.3 is 0 Å². The first-order valence-corrected chi connectivity index (χ1v) is 9.99. The monoisotopic (exact) mass is 399 g/mol. The molecule has 154 valence electrons. The van der Waals surface area contributed by atoms with Crippen LogP contribution < -0.4 is 5.32 Å². The summed E-state index contributed by atoms with van der Waals surface area (Å²) in [5.74, 6) is 0.282. The van der Waals surface area contributed by atoms with Crippen molar-refractivity contribution in [2.45, 2.75) is 50.7 Å². The van der Waals surface area contributed by atoms with Crippen LogP contribution in [0.2, 0.25) is 0 Å². The Hall–Kier alpha value is -2.58. The van der Waals surface area contributed by atoms with Crippen molar-refractivity contribution in [2.75, 3.05) is 19.0 Å². The Balaban J connectivity index is 1.78. The molecule has 8 heteroatoms. The number of halogens is 1.